The maximum atomic E-state index is 13.4. The molecule has 82 valence electrons. The summed E-state index contributed by atoms with van der Waals surface area (Å²) in [6.45, 7) is 0. The van der Waals surface area contributed by atoms with E-state index in [0.717, 1.165) is 0 Å². The van der Waals surface area contributed by atoms with Crippen molar-refractivity contribution in [3.63, 3.8) is 0 Å². The van der Waals surface area contributed by atoms with Crippen LogP contribution < -0.4 is 0 Å². The molecule has 0 amide bonds. The van der Waals surface area contributed by atoms with Crippen molar-refractivity contribution in [2.24, 2.45) is 0 Å². The van der Waals surface area contributed by atoms with Gasteiger partial charge in [0, 0.05) is 10.9 Å². The van der Waals surface area contributed by atoms with E-state index in [-0.39, 0.29) is 18.0 Å². The average molecular weight is 283 g/mol. The molecule has 16 heavy (non-hydrogen) atoms. The summed E-state index contributed by atoms with van der Waals surface area (Å²) < 4.78 is 19.0. The third-order valence-electron chi connectivity index (χ3n) is 2.16. The Labute approximate surface area is 100 Å². The number of carbonyl (C=O) groups is 1. The fourth-order valence-corrected chi connectivity index (χ4v) is 1.70. The standard InChI is InChI=1S/C12H8BrFO2/c13-9-4-3-8(10(14)7-9)6-11(15)12-2-1-5-16-12/h1-5,7H,6H2. The van der Waals surface area contributed by atoms with Gasteiger partial charge >= 0.3 is 0 Å². The van der Waals surface area contributed by atoms with Crippen LogP contribution in [0.3, 0.4) is 0 Å². The van der Waals surface area contributed by atoms with Gasteiger partial charge in [0.2, 0.25) is 5.78 Å². The van der Waals surface area contributed by atoms with Gasteiger partial charge in [-0.3, -0.25) is 4.79 Å². The zero-order valence-electron chi connectivity index (χ0n) is 8.24. The van der Waals surface area contributed by atoms with Crippen LogP contribution in [0.5, 0.6) is 0 Å². The molecular formula is C12H8BrFO2. The third-order valence-corrected chi connectivity index (χ3v) is 2.66. The van der Waals surface area contributed by atoms with Gasteiger partial charge in [0.05, 0.1) is 6.26 Å². The van der Waals surface area contributed by atoms with Crippen molar-refractivity contribution < 1.29 is 13.6 Å². The molecule has 0 radical (unpaired) electrons. The summed E-state index contributed by atoms with van der Waals surface area (Å²) in [5.74, 6) is -0.372. The number of rotatable bonds is 3. The van der Waals surface area contributed by atoms with Gasteiger partial charge in [0.25, 0.3) is 0 Å². The minimum absolute atomic E-state index is 0.00657. The first-order valence-electron chi connectivity index (χ1n) is 4.67. The number of ketones is 1. The topological polar surface area (TPSA) is 30.2 Å². The number of furan rings is 1. The molecule has 0 N–H and O–H groups in total. The van der Waals surface area contributed by atoms with Crippen LogP contribution in [0.4, 0.5) is 4.39 Å². The zero-order valence-corrected chi connectivity index (χ0v) is 9.83. The number of hydrogen-bond acceptors (Lipinski definition) is 2. The Kier molecular flexibility index (Phi) is 3.19. The molecule has 0 aliphatic rings. The molecule has 2 aromatic rings. The SMILES string of the molecule is O=C(Cc1ccc(Br)cc1F)c1ccco1. The molecule has 0 spiro atoms. The Bertz CT molecular complexity index is 506. The Hall–Kier alpha value is -1.42. The largest absolute Gasteiger partial charge is 0.461 e. The molecule has 0 aliphatic heterocycles. The fourth-order valence-electron chi connectivity index (χ4n) is 1.36. The number of halogens is 2. The van der Waals surface area contributed by atoms with Gasteiger partial charge in [-0.05, 0) is 29.8 Å². The lowest BCUT2D eigenvalue weighted by atomic mass is 10.1. The minimum atomic E-state index is -0.394. The lowest BCUT2D eigenvalue weighted by Gasteiger charge is -2.01. The second kappa shape index (κ2) is 4.61. The minimum Gasteiger partial charge on any atom is -0.461 e. The summed E-state index contributed by atoms with van der Waals surface area (Å²) in [5, 5.41) is 0. The first kappa shape index (κ1) is 11.1. The second-order valence-corrected chi connectivity index (χ2v) is 4.23. The summed E-state index contributed by atoms with van der Waals surface area (Å²) in [4.78, 5) is 11.6. The molecule has 2 nitrogen and oxygen atoms in total. The summed E-state index contributed by atoms with van der Waals surface area (Å²) in [7, 11) is 0. The van der Waals surface area contributed by atoms with Gasteiger partial charge in [-0.25, -0.2) is 4.39 Å². The van der Waals surface area contributed by atoms with Crippen LogP contribution in [0.1, 0.15) is 16.1 Å². The Balaban J connectivity index is 2.18. The summed E-state index contributed by atoms with van der Waals surface area (Å²) in [5.41, 5.74) is 0.365. The maximum Gasteiger partial charge on any atom is 0.202 e. The van der Waals surface area contributed by atoms with Crippen LogP contribution in [0, 0.1) is 5.82 Å². The molecule has 0 atom stereocenters. The number of hydrogen-bond donors (Lipinski definition) is 0. The van der Waals surface area contributed by atoms with Crippen molar-refractivity contribution >= 4 is 21.7 Å². The monoisotopic (exact) mass is 282 g/mol. The molecule has 0 aliphatic carbocycles. The van der Waals surface area contributed by atoms with Crippen molar-refractivity contribution in [3.05, 3.63) is 58.2 Å². The van der Waals surface area contributed by atoms with Gasteiger partial charge in [-0.2, -0.15) is 0 Å². The van der Waals surface area contributed by atoms with Crippen molar-refractivity contribution in [1.82, 2.24) is 0 Å². The normalized spacial score (nSPS) is 10.4. The molecule has 0 fully saturated rings. The molecule has 1 heterocycles. The van der Waals surface area contributed by atoms with Gasteiger partial charge < -0.3 is 4.42 Å². The van der Waals surface area contributed by atoms with Crippen molar-refractivity contribution in [2.45, 2.75) is 6.42 Å². The molecule has 0 saturated heterocycles. The Morgan fingerprint density at radius 3 is 2.81 bits per heavy atom. The zero-order chi connectivity index (χ0) is 11.5. The predicted molar refractivity (Wildman–Crippen MR) is 60.8 cm³/mol. The van der Waals surface area contributed by atoms with Crippen LogP contribution in [-0.4, -0.2) is 5.78 Å². The highest BCUT2D eigenvalue weighted by Gasteiger charge is 2.12. The van der Waals surface area contributed by atoms with E-state index in [2.05, 4.69) is 15.9 Å². The molecular weight excluding hydrogens is 275 g/mol. The van der Waals surface area contributed by atoms with Crippen LogP contribution >= 0.6 is 15.9 Å². The van der Waals surface area contributed by atoms with Crippen LogP contribution in [0.15, 0.2) is 45.5 Å². The van der Waals surface area contributed by atoms with Gasteiger partial charge in [-0.1, -0.05) is 22.0 Å². The number of benzene rings is 1. The van der Waals surface area contributed by atoms with E-state index < -0.39 is 5.82 Å². The quantitative estimate of drug-likeness (QED) is 0.805. The van der Waals surface area contributed by atoms with E-state index in [1.807, 2.05) is 0 Å². The second-order valence-electron chi connectivity index (χ2n) is 3.31. The summed E-state index contributed by atoms with van der Waals surface area (Å²) >= 11 is 3.16. The fraction of sp³-hybridized carbons (Fsp3) is 0.0833. The van der Waals surface area contributed by atoms with E-state index in [1.54, 1.807) is 24.3 Å². The average Bonchev–Trinajstić information content (AvgIpc) is 2.75. The van der Waals surface area contributed by atoms with Crippen LogP contribution in [0.2, 0.25) is 0 Å². The van der Waals surface area contributed by atoms with E-state index in [0.29, 0.717) is 10.0 Å². The molecule has 0 bridgehead atoms. The van der Waals surface area contributed by atoms with Crippen molar-refractivity contribution in [2.75, 3.05) is 0 Å². The molecule has 0 unspecified atom stereocenters. The van der Waals surface area contributed by atoms with Crippen LogP contribution in [0.25, 0.3) is 0 Å². The highest BCUT2D eigenvalue weighted by molar-refractivity contribution is 9.10. The molecule has 2 rings (SSSR count). The van der Waals surface area contributed by atoms with Gasteiger partial charge in [0.1, 0.15) is 5.82 Å². The first-order valence-corrected chi connectivity index (χ1v) is 5.47. The number of Topliss-reactive ketones (excluding diaryl/α,β-unsaturated/α-hetero) is 1. The van der Waals surface area contributed by atoms with E-state index in [9.17, 15) is 9.18 Å². The predicted octanol–water partition coefficient (Wildman–Crippen LogP) is 3.61. The smallest absolute Gasteiger partial charge is 0.202 e. The van der Waals surface area contributed by atoms with E-state index in [1.165, 1.54) is 12.3 Å². The van der Waals surface area contributed by atoms with Crippen molar-refractivity contribution in [1.29, 1.82) is 0 Å². The van der Waals surface area contributed by atoms with E-state index >= 15 is 0 Å². The highest BCUT2D eigenvalue weighted by Crippen LogP contribution is 2.17. The summed E-state index contributed by atoms with van der Waals surface area (Å²) in [6, 6.07) is 7.82. The molecule has 1 aromatic heterocycles. The van der Waals surface area contributed by atoms with E-state index in [4.69, 9.17) is 4.42 Å². The van der Waals surface area contributed by atoms with Gasteiger partial charge in [-0.15, -0.1) is 0 Å². The molecule has 4 heteroatoms. The molecule has 0 saturated carbocycles. The highest BCUT2D eigenvalue weighted by atomic mass is 79.9. The molecule has 1 aromatic carbocycles. The lowest BCUT2D eigenvalue weighted by Crippen LogP contribution is -2.03. The lowest BCUT2D eigenvalue weighted by molar-refractivity contribution is 0.0965. The van der Waals surface area contributed by atoms with Crippen LogP contribution in [-0.2, 0) is 6.42 Å². The first-order chi connectivity index (χ1) is 7.66. The Morgan fingerprint density at radius 1 is 1.38 bits per heavy atom. The maximum absolute atomic E-state index is 13.4. The number of carbonyl (C=O) groups excluding carboxylic acids is 1. The van der Waals surface area contributed by atoms with Gasteiger partial charge in [0.15, 0.2) is 5.76 Å². The Morgan fingerprint density at radius 2 is 2.19 bits per heavy atom. The van der Waals surface area contributed by atoms with Crippen molar-refractivity contribution in [3.8, 4) is 0 Å². The summed E-state index contributed by atoms with van der Waals surface area (Å²) in [6.07, 6.45) is 1.43. The third kappa shape index (κ3) is 2.39.